The molecule has 0 aromatic heterocycles. The minimum atomic E-state index is -4.82. The Labute approximate surface area is 48.7 Å². The fourth-order valence-corrected chi connectivity index (χ4v) is 0.161. The third-order valence-electron chi connectivity index (χ3n) is 0.558. The molecule has 0 saturated carbocycles. The van der Waals surface area contributed by atoms with Gasteiger partial charge in [-0.1, -0.05) is 0 Å². The van der Waals surface area contributed by atoms with Crippen LogP contribution in [-0.4, -0.2) is 29.4 Å². The number of amides is 1. The van der Waals surface area contributed by atoms with Gasteiger partial charge in [-0.15, -0.1) is 13.2 Å². The Morgan fingerprint density at radius 2 is 2.00 bits per heavy atom. The second-order valence-electron chi connectivity index (χ2n) is 1.13. The number of hydrogen-bond acceptors (Lipinski definition) is 2. The molecule has 0 fully saturated rings. The van der Waals surface area contributed by atoms with E-state index in [1.54, 1.807) is 0 Å². The van der Waals surface area contributed by atoms with Crippen LogP contribution in [-0.2, 0) is 4.79 Å². The number of carbonyl (C=O) groups excluding carboxylic acids is 1. The molecule has 0 unspecified atom stereocenters. The Morgan fingerprint density at radius 1 is 1.56 bits per heavy atom. The molecule has 0 aliphatic heterocycles. The number of aliphatic hydroxyl groups excluding tert-OH is 1. The van der Waals surface area contributed by atoms with Gasteiger partial charge in [-0.05, 0) is 0 Å². The van der Waals surface area contributed by atoms with E-state index >= 15 is 0 Å². The van der Waals surface area contributed by atoms with Gasteiger partial charge in [0.1, 0.15) is 6.73 Å². The first-order valence-corrected chi connectivity index (χ1v) is 1.85. The fraction of sp³-hybridized carbons (Fsp3) is 0.667. The van der Waals surface area contributed by atoms with Gasteiger partial charge in [-0.3, -0.25) is 4.79 Å². The van der Waals surface area contributed by atoms with Gasteiger partial charge in [-0.25, -0.2) is 4.90 Å². The molecule has 1 N–H and O–H groups in total. The highest BCUT2D eigenvalue weighted by Crippen LogP contribution is 2.17. The zero-order valence-electron chi connectivity index (χ0n) is 4.14. The first-order valence-electron chi connectivity index (χ1n) is 1.85. The summed E-state index contributed by atoms with van der Waals surface area (Å²) in [6, 6.07) is 0. The maximum absolute atomic E-state index is 11.2. The molecular weight excluding hydrogens is 139 g/mol. The van der Waals surface area contributed by atoms with Crippen molar-refractivity contribution in [1.29, 1.82) is 0 Å². The zero-order chi connectivity index (χ0) is 7.49. The van der Waals surface area contributed by atoms with Gasteiger partial charge in [0, 0.05) is 0 Å². The van der Waals surface area contributed by atoms with Crippen molar-refractivity contribution in [1.82, 2.24) is 4.90 Å². The monoisotopic (exact) mass is 142 g/mol. The van der Waals surface area contributed by atoms with Crippen LogP contribution >= 0.6 is 0 Å². The van der Waals surface area contributed by atoms with Crippen LogP contribution in [0.2, 0.25) is 0 Å². The van der Waals surface area contributed by atoms with Crippen molar-refractivity contribution < 1.29 is 23.1 Å². The van der Waals surface area contributed by atoms with Gasteiger partial charge in [0.15, 0.2) is 0 Å². The molecule has 0 aromatic carbocycles. The molecule has 0 bridgehead atoms. The van der Waals surface area contributed by atoms with Gasteiger partial charge in [0.05, 0.1) is 0 Å². The minimum absolute atomic E-state index is 0.500. The molecule has 0 aliphatic rings. The average molecular weight is 142 g/mol. The Kier molecular flexibility index (Phi) is 2.44. The number of alkyl halides is 3. The van der Waals surface area contributed by atoms with E-state index in [1.165, 1.54) is 0 Å². The fourth-order valence-electron chi connectivity index (χ4n) is 0.161. The van der Waals surface area contributed by atoms with E-state index in [9.17, 15) is 18.0 Å². The standard InChI is InChI=1S/C3H3F3NO2/c4-3(5,6)7(1-8)2-9/h8H,1H2. The van der Waals surface area contributed by atoms with Gasteiger partial charge >= 0.3 is 12.7 Å². The summed E-state index contributed by atoms with van der Waals surface area (Å²) in [5.41, 5.74) is 0. The van der Waals surface area contributed by atoms with Crippen LogP contribution in [0, 0.1) is 0 Å². The lowest BCUT2D eigenvalue weighted by Gasteiger charge is -2.14. The molecule has 0 spiro atoms. The highest BCUT2D eigenvalue weighted by molar-refractivity contribution is 5.48. The summed E-state index contributed by atoms with van der Waals surface area (Å²) in [6.07, 6.45) is -4.32. The molecule has 6 heteroatoms. The normalized spacial score (nSPS) is 11.1. The molecule has 1 radical (unpaired) electrons. The molecule has 9 heavy (non-hydrogen) atoms. The topological polar surface area (TPSA) is 40.5 Å². The lowest BCUT2D eigenvalue weighted by molar-refractivity contribution is -0.232. The summed E-state index contributed by atoms with van der Waals surface area (Å²) >= 11 is 0. The summed E-state index contributed by atoms with van der Waals surface area (Å²) in [5.74, 6) is 0. The largest absolute Gasteiger partial charge is 0.489 e. The molecule has 3 nitrogen and oxygen atoms in total. The van der Waals surface area contributed by atoms with Crippen LogP contribution in [0.25, 0.3) is 0 Å². The van der Waals surface area contributed by atoms with E-state index in [-0.39, 0.29) is 0 Å². The van der Waals surface area contributed by atoms with Crippen molar-refractivity contribution >= 4 is 6.41 Å². The second-order valence-corrected chi connectivity index (χ2v) is 1.13. The van der Waals surface area contributed by atoms with E-state index in [1.807, 2.05) is 0 Å². The summed E-state index contributed by atoms with van der Waals surface area (Å²) in [5, 5.41) is 7.81. The quantitative estimate of drug-likeness (QED) is 0.330. The molecule has 0 aromatic rings. The minimum Gasteiger partial charge on any atom is -0.376 e. The lowest BCUT2D eigenvalue weighted by atomic mass is 10.8. The third kappa shape index (κ3) is 2.31. The van der Waals surface area contributed by atoms with E-state index in [2.05, 4.69) is 0 Å². The van der Waals surface area contributed by atoms with Crippen molar-refractivity contribution in [3.8, 4) is 0 Å². The van der Waals surface area contributed by atoms with Crippen molar-refractivity contribution in [3.05, 3.63) is 0 Å². The maximum atomic E-state index is 11.2. The van der Waals surface area contributed by atoms with Gasteiger partial charge in [0.2, 0.25) is 0 Å². The van der Waals surface area contributed by atoms with Crippen LogP contribution in [0.1, 0.15) is 0 Å². The molecule has 0 saturated heterocycles. The van der Waals surface area contributed by atoms with E-state index < -0.39 is 17.9 Å². The molecule has 0 rings (SSSR count). The SMILES string of the molecule is O=[C]N(CO)C(F)(F)F. The van der Waals surface area contributed by atoms with Gasteiger partial charge in [-0.2, -0.15) is 0 Å². The van der Waals surface area contributed by atoms with E-state index in [4.69, 9.17) is 5.11 Å². The Hall–Kier alpha value is -0.780. The summed E-state index contributed by atoms with van der Waals surface area (Å²) < 4.78 is 33.7. The third-order valence-corrected chi connectivity index (χ3v) is 0.558. The second kappa shape index (κ2) is 2.67. The molecule has 1 amide bonds. The smallest absolute Gasteiger partial charge is 0.376 e. The average Bonchev–Trinajstić information content (AvgIpc) is 1.65. The number of hydrogen-bond donors (Lipinski definition) is 1. The van der Waals surface area contributed by atoms with Crippen molar-refractivity contribution in [2.45, 2.75) is 6.30 Å². The van der Waals surface area contributed by atoms with Crippen LogP contribution in [0.5, 0.6) is 0 Å². The molecular formula is C3H3F3NO2. The number of nitrogens with zero attached hydrogens (tertiary/aromatic N) is 1. The summed E-state index contributed by atoms with van der Waals surface area (Å²) in [4.78, 5) is 8.49. The predicted molar refractivity (Wildman–Crippen MR) is 20.7 cm³/mol. The first kappa shape index (κ1) is 8.22. The number of rotatable bonds is 2. The van der Waals surface area contributed by atoms with Crippen LogP contribution < -0.4 is 0 Å². The number of aliphatic hydroxyl groups is 1. The summed E-state index contributed by atoms with van der Waals surface area (Å²) in [6.45, 7) is -1.40. The predicted octanol–water partition coefficient (Wildman–Crippen LogP) is -0.175. The highest BCUT2D eigenvalue weighted by atomic mass is 19.4. The first-order chi connectivity index (χ1) is 4.02. The van der Waals surface area contributed by atoms with Crippen LogP contribution in [0.15, 0.2) is 0 Å². The van der Waals surface area contributed by atoms with Crippen molar-refractivity contribution in [3.63, 3.8) is 0 Å². The molecule has 53 valence electrons. The van der Waals surface area contributed by atoms with Crippen LogP contribution in [0.4, 0.5) is 13.2 Å². The maximum Gasteiger partial charge on any atom is 0.489 e. The van der Waals surface area contributed by atoms with Gasteiger partial charge < -0.3 is 5.11 Å². The Bertz CT molecular complexity index is 102. The highest BCUT2D eigenvalue weighted by Gasteiger charge is 2.36. The van der Waals surface area contributed by atoms with E-state index in [0.717, 1.165) is 0 Å². The van der Waals surface area contributed by atoms with Crippen LogP contribution in [0.3, 0.4) is 0 Å². The summed E-state index contributed by atoms with van der Waals surface area (Å²) in [7, 11) is 0. The van der Waals surface area contributed by atoms with Crippen molar-refractivity contribution in [2.24, 2.45) is 0 Å². The molecule has 0 aliphatic carbocycles. The zero-order valence-corrected chi connectivity index (χ0v) is 4.14. The molecule has 0 atom stereocenters. The Morgan fingerprint density at radius 3 is 2.00 bits per heavy atom. The van der Waals surface area contributed by atoms with Gasteiger partial charge in [0.25, 0.3) is 0 Å². The van der Waals surface area contributed by atoms with E-state index in [0.29, 0.717) is 6.41 Å². The number of halogens is 3. The molecule has 0 heterocycles. The Balaban J connectivity index is 3.94. The lowest BCUT2D eigenvalue weighted by Crippen LogP contribution is -2.37. The van der Waals surface area contributed by atoms with Crippen molar-refractivity contribution in [2.75, 3.05) is 6.73 Å².